The largest absolute Gasteiger partial charge is 0.346 e. The van der Waals surface area contributed by atoms with Crippen LogP contribution in [-0.4, -0.2) is 16.1 Å². The highest BCUT2D eigenvalue weighted by molar-refractivity contribution is 7.15. The summed E-state index contributed by atoms with van der Waals surface area (Å²) in [6.07, 6.45) is 1.75. The smallest absolute Gasteiger partial charge is 0.282 e. The quantitative estimate of drug-likeness (QED) is 0.677. The lowest BCUT2D eigenvalue weighted by atomic mass is 10.2. The Hall–Kier alpha value is -2.21. The number of halogens is 2. The lowest BCUT2D eigenvalue weighted by Gasteiger charge is -2.02. The fraction of sp³-hybridized carbons (Fsp3) is 0.0556. The molecule has 0 radical (unpaired) electrons. The molecule has 3 aromatic rings. The van der Waals surface area contributed by atoms with Gasteiger partial charge in [-0.15, -0.1) is 10.2 Å². The van der Waals surface area contributed by atoms with E-state index in [-0.39, 0.29) is 10.9 Å². The fourth-order valence-corrected chi connectivity index (χ4v) is 3.11. The second-order valence-corrected chi connectivity index (χ2v) is 6.95. The molecule has 1 aromatic heterocycles. The summed E-state index contributed by atoms with van der Waals surface area (Å²) in [6.45, 7) is 0.433. The zero-order valence-corrected chi connectivity index (χ0v) is 15.3. The lowest BCUT2D eigenvalue weighted by Crippen LogP contribution is -2.22. The number of carbonyl (C=O) groups excluding carboxylic acids is 1. The molecule has 0 atom stereocenters. The zero-order valence-electron chi connectivity index (χ0n) is 12.9. The van der Waals surface area contributed by atoms with Gasteiger partial charge in [-0.3, -0.25) is 4.79 Å². The first-order chi connectivity index (χ1) is 12.1. The van der Waals surface area contributed by atoms with E-state index in [1.807, 2.05) is 42.5 Å². The Bertz CT molecular complexity index is 892. The SMILES string of the molecule is O=C(NCc1ccccc1)c1nnc(/C(Cl)=C/c2ccc(Cl)cc2)s1. The Morgan fingerprint density at radius 1 is 1.04 bits per heavy atom. The van der Waals surface area contributed by atoms with Crippen LogP contribution < -0.4 is 5.32 Å². The summed E-state index contributed by atoms with van der Waals surface area (Å²) in [6, 6.07) is 16.9. The summed E-state index contributed by atoms with van der Waals surface area (Å²) >= 11 is 13.3. The molecule has 3 rings (SSSR count). The first-order valence-corrected chi connectivity index (χ1v) is 8.98. The van der Waals surface area contributed by atoms with E-state index in [9.17, 15) is 4.79 Å². The van der Waals surface area contributed by atoms with Crippen molar-refractivity contribution < 1.29 is 4.79 Å². The molecule has 2 aromatic carbocycles. The van der Waals surface area contributed by atoms with Crippen molar-refractivity contribution in [1.29, 1.82) is 0 Å². The number of nitrogens with one attached hydrogen (secondary N) is 1. The van der Waals surface area contributed by atoms with E-state index < -0.39 is 0 Å². The van der Waals surface area contributed by atoms with E-state index in [4.69, 9.17) is 23.2 Å². The molecular weight excluding hydrogens is 377 g/mol. The topological polar surface area (TPSA) is 54.9 Å². The van der Waals surface area contributed by atoms with Crippen LogP contribution in [0.4, 0.5) is 0 Å². The number of aromatic nitrogens is 2. The van der Waals surface area contributed by atoms with Crippen molar-refractivity contribution >= 4 is 51.6 Å². The van der Waals surface area contributed by atoms with Crippen molar-refractivity contribution in [3.05, 3.63) is 80.8 Å². The molecule has 0 unspecified atom stereocenters. The molecule has 4 nitrogen and oxygen atoms in total. The molecule has 0 bridgehead atoms. The van der Waals surface area contributed by atoms with Crippen molar-refractivity contribution in [3.8, 4) is 0 Å². The van der Waals surface area contributed by atoms with Crippen molar-refractivity contribution in [2.45, 2.75) is 6.54 Å². The molecule has 0 fully saturated rings. The number of carbonyl (C=O) groups is 1. The highest BCUT2D eigenvalue weighted by atomic mass is 35.5. The van der Waals surface area contributed by atoms with Gasteiger partial charge in [0.1, 0.15) is 0 Å². The minimum Gasteiger partial charge on any atom is -0.346 e. The van der Waals surface area contributed by atoms with Crippen LogP contribution in [0, 0.1) is 0 Å². The molecule has 1 amide bonds. The summed E-state index contributed by atoms with van der Waals surface area (Å²) in [5, 5.41) is 12.5. The van der Waals surface area contributed by atoms with Gasteiger partial charge in [-0.25, -0.2) is 0 Å². The molecule has 0 aliphatic rings. The highest BCUT2D eigenvalue weighted by Gasteiger charge is 2.14. The second-order valence-electron chi connectivity index (χ2n) is 5.12. The van der Waals surface area contributed by atoms with Crippen LogP contribution in [0.25, 0.3) is 11.1 Å². The molecule has 1 heterocycles. The Morgan fingerprint density at radius 2 is 1.72 bits per heavy atom. The molecular formula is C18H13Cl2N3OS. The lowest BCUT2D eigenvalue weighted by molar-refractivity contribution is 0.0950. The maximum absolute atomic E-state index is 12.2. The van der Waals surface area contributed by atoms with E-state index in [1.54, 1.807) is 18.2 Å². The number of rotatable bonds is 5. The first kappa shape index (κ1) is 17.6. The average molecular weight is 390 g/mol. The fourth-order valence-electron chi connectivity index (χ4n) is 2.03. The molecule has 0 saturated heterocycles. The molecule has 126 valence electrons. The van der Waals surface area contributed by atoms with Gasteiger partial charge in [0.15, 0.2) is 5.01 Å². The summed E-state index contributed by atoms with van der Waals surface area (Å²) in [5.41, 5.74) is 1.90. The molecule has 0 spiro atoms. The third-order valence-corrected chi connectivity index (χ3v) is 4.89. The summed E-state index contributed by atoms with van der Waals surface area (Å²) in [4.78, 5) is 12.2. The van der Waals surface area contributed by atoms with Crippen molar-refractivity contribution in [3.63, 3.8) is 0 Å². The van der Waals surface area contributed by atoms with E-state index in [0.29, 0.717) is 21.6 Å². The Balaban J connectivity index is 1.66. The van der Waals surface area contributed by atoms with E-state index in [0.717, 1.165) is 22.5 Å². The molecule has 1 N–H and O–H groups in total. The number of hydrogen-bond donors (Lipinski definition) is 1. The van der Waals surface area contributed by atoms with Crippen molar-refractivity contribution in [1.82, 2.24) is 15.5 Å². The molecule has 0 aliphatic carbocycles. The minimum atomic E-state index is -0.274. The van der Waals surface area contributed by atoms with Gasteiger partial charge in [-0.05, 0) is 29.3 Å². The average Bonchev–Trinajstić information content (AvgIpc) is 3.13. The number of benzene rings is 2. The number of amides is 1. The van der Waals surface area contributed by atoms with E-state index >= 15 is 0 Å². The highest BCUT2D eigenvalue weighted by Crippen LogP contribution is 2.25. The predicted octanol–water partition coefficient (Wildman–Crippen LogP) is 4.86. The van der Waals surface area contributed by atoms with Gasteiger partial charge < -0.3 is 5.32 Å². The third kappa shape index (κ3) is 4.89. The molecule has 0 saturated carbocycles. The summed E-state index contributed by atoms with van der Waals surface area (Å²) < 4.78 is 0. The number of nitrogens with zero attached hydrogens (tertiary/aromatic N) is 2. The first-order valence-electron chi connectivity index (χ1n) is 7.40. The van der Waals surface area contributed by atoms with Gasteiger partial charge in [0.05, 0.1) is 5.03 Å². The zero-order chi connectivity index (χ0) is 17.6. The molecule has 25 heavy (non-hydrogen) atoms. The van der Waals surface area contributed by atoms with Crippen molar-refractivity contribution in [2.75, 3.05) is 0 Å². The normalized spacial score (nSPS) is 11.4. The number of hydrogen-bond acceptors (Lipinski definition) is 4. The monoisotopic (exact) mass is 389 g/mol. The molecule has 7 heteroatoms. The maximum Gasteiger partial charge on any atom is 0.282 e. The van der Waals surface area contributed by atoms with Crippen LogP contribution in [-0.2, 0) is 6.54 Å². The standard InChI is InChI=1S/C18H13Cl2N3OS/c19-14-8-6-12(7-9-14)10-15(20)17-22-23-18(25-17)16(24)21-11-13-4-2-1-3-5-13/h1-10H,11H2,(H,21,24)/b15-10-. The van der Waals surface area contributed by atoms with Gasteiger partial charge in [0, 0.05) is 11.6 Å². The van der Waals surface area contributed by atoms with Gasteiger partial charge in [-0.1, -0.05) is 77.0 Å². The summed E-state index contributed by atoms with van der Waals surface area (Å²) in [7, 11) is 0. The van der Waals surface area contributed by atoms with Crippen LogP contribution in [0.1, 0.15) is 25.9 Å². The van der Waals surface area contributed by atoms with Crippen LogP contribution in [0.3, 0.4) is 0 Å². The Kier molecular flexibility index (Phi) is 5.81. The Labute approximate surface area is 159 Å². The Morgan fingerprint density at radius 3 is 2.44 bits per heavy atom. The third-order valence-electron chi connectivity index (χ3n) is 3.28. The van der Waals surface area contributed by atoms with Crippen LogP contribution in [0.2, 0.25) is 5.02 Å². The van der Waals surface area contributed by atoms with Crippen LogP contribution in [0.5, 0.6) is 0 Å². The predicted molar refractivity (Wildman–Crippen MR) is 103 cm³/mol. The van der Waals surface area contributed by atoms with Crippen LogP contribution >= 0.6 is 34.5 Å². The maximum atomic E-state index is 12.2. The van der Waals surface area contributed by atoms with Crippen LogP contribution in [0.15, 0.2) is 54.6 Å². The summed E-state index contributed by atoms with van der Waals surface area (Å²) in [5.74, 6) is -0.274. The van der Waals surface area contributed by atoms with Gasteiger partial charge in [-0.2, -0.15) is 0 Å². The van der Waals surface area contributed by atoms with E-state index in [1.165, 1.54) is 0 Å². The van der Waals surface area contributed by atoms with Crippen molar-refractivity contribution in [2.24, 2.45) is 0 Å². The van der Waals surface area contributed by atoms with Gasteiger partial charge >= 0.3 is 0 Å². The molecule has 0 aliphatic heterocycles. The van der Waals surface area contributed by atoms with Gasteiger partial charge in [0.2, 0.25) is 5.01 Å². The van der Waals surface area contributed by atoms with E-state index in [2.05, 4.69) is 15.5 Å². The second kappa shape index (κ2) is 8.25. The van der Waals surface area contributed by atoms with Gasteiger partial charge in [0.25, 0.3) is 5.91 Å². The minimum absolute atomic E-state index is 0.272.